The number of nitrogens with zero attached hydrogens (tertiary/aromatic N) is 2. The first kappa shape index (κ1) is 10.0. The molecule has 1 heterocycles. The summed E-state index contributed by atoms with van der Waals surface area (Å²) in [6.45, 7) is 8.44. The van der Waals surface area contributed by atoms with Crippen LogP contribution in [-0.2, 0) is 0 Å². The number of likely N-dealkylation sites (tertiary alicyclic amines) is 1. The minimum atomic E-state index is 0.733. The fourth-order valence-electron chi connectivity index (χ4n) is 2.00. The fourth-order valence-corrected chi connectivity index (χ4v) is 2.00. The van der Waals surface area contributed by atoms with Crippen molar-refractivity contribution in [2.45, 2.75) is 26.3 Å². The summed E-state index contributed by atoms with van der Waals surface area (Å²) in [5, 5.41) is 0. The molecule has 0 aromatic rings. The SMILES string of the molecule is CC(C)N1CC[C@H](CN(C)C)C1. The van der Waals surface area contributed by atoms with E-state index in [1.165, 1.54) is 26.1 Å². The van der Waals surface area contributed by atoms with Crippen molar-refractivity contribution in [3.63, 3.8) is 0 Å². The van der Waals surface area contributed by atoms with Gasteiger partial charge in [0.05, 0.1) is 0 Å². The molecule has 1 fully saturated rings. The lowest BCUT2D eigenvalue weighted by Crippen LogP contribution is -2.30. The van der Waals surface area contributed by atoms with Gasteiger partial charge in [0.2, 0.25) is 0 Å². The summed E-state index contributed by atoms with van der Waals surface area (Å²) in [5.41, 5.74) is 0. The van der Waals surface area contributed by atoms with Gasteiger partial charge >= 0.3 is 0 Å². The maximum absolute atomic E-state index is 2.58. The Morgan fingerprint density at radius 3 is 2.50 bits per heavy atom. The normalized spacial score (nSPS) is 26.0. The Morgan fingerprint density at radius 1 is 1.42 bits per heavy atom. The lowest BCUT2D eigenvalue weighted by molar-refractivity contribution is 0.250. The average Bonchev–Trinajstić information content (AvgIpc) is 2.34. The van der Waals surface area contributed by atoms with Crippen molar-refractivity contribution in [1.29, 1.82) is 0 Å². The molecule has 0 aromatic carbocycles. The van der Waals surface area contributed by atoms with Gasteiger partial charge in [0.1, 0.15) is 0 Å². The van der Waals surface area contributed by atoms with Gasteiger partial charge in [0.25, 0.3) is 0 Å². The molecule has 1 aliphatic heterocycles. The van der Waals surface area contributed by atoms with Crippen molar-refractivity contribution >= 4 is 0 Å². The first-order valence-electron chi connectivity index (χ1n) is 4.98. The third kappa shape index (κ3) is 2.76. The topological polar surface area (TPSA) is 6.48 Å². The molecule has 1 rings (SSSR count). The van der Waals surface area contributed by atoms with E-state index in [0.717, 1.165) is 12.0 Å². The first-order valence-corrected chi connectivity index (χ1v) is 4.98. The molecule has 2 heteroatoms. The summed E-state index contributed by atoms with van der Waals surface area (Å²) < 4.78 is 0. The molecule has 12 heavy (non-hydrogen) atoms. The molecule has 72 valence electrons. The summed E-state index contributed by atoms with van der Waals surface area (Å²) >= 11 is 0. The monoisotopic (exact) mass is 170 g/mol. The maximum atomic E-state index is 2.58. The van der Waals surface area contributed by atoms with Gasteiger partial charge in [-0.2, -0.15) is 0 Å². The van der Waals surface area contributed by atoms with Gasteiger partial charge in [-0.15, -0.1) is 0 Å². The van der Waals surface area contributed by atoms with Gasteiger partial charge in [-0.25, -0.2) is 0 Å². The molecule has 0 bridgehead atoms. The molecule has 0 unspecified atom stereocenters. The number of hydrogen-bond donors (Lipinski definition) is 0. The highest BCUT2D eigenvalue weighted by Gasteiger charge is 2.23. The highest BCUT2D eigenvalue weighted by molar-refractivity contribution is 4.78. The molecular weight excluding hydrogens is 148 g/mol. The lowest BCUT2D eigenvalue weighted by atomic mass is 10.1. The van der Waals surface area contributed by atoms with Crippen LogP contribution < -0.4 is 0 Å². The minimum Gasteiger partial charge on any atom is -0.309 e. The van der Waals surface area contributed by atoms with E-state index < -0.39 is 0 Å². The van der Waals surface area contributed by atoms with Crippen LogP contribution in [0.25, 0.3) is 0 Å². The van der Waals surface area contributed by atoms with E-state index in [1.807, 2.05) is 0 Å². The van der Waals surface area contributed by atoms with Crippen molar-refractivity contribution in [3.8, 4) is 0 Å². The van der Waals surface area contributed by atoms with Crippen molar-refractivity contribution < 1.29 is 0 Å². The summed E-state index contributed by atoms with van der Waals surface area (Å²) in [5.74, 6) is 0.905. The average molecular weight is 170 g/mol. The van der Waals surface area contributed by atoms with Crippen LogP contribution in [0.5, 0.6) is 0 Å². The van der Waals surface area contributed by atoms with Crippen LogP contribution in [-0.4, -0.2) is 49.6 Å². The highest BCUT2D eigenvalue weighted by atomic mass is 15.2. The Hall–Kier alpha value is -0.0800. The Morgan fingerprint density at radius 2 is 2.08 bits per heavy atom. The van der Waals surface area contributed by atoms with Crippen molar-refractivity contribution in [3.05, 3.63) is 0 Å². The van der Waals surface area contributed by atoms with Crippen LogP contribution in [0.1, 0.15) is 20.3 Å². The number of rotatable bonds is 3. The van der Waals surface area contributed by atoms with E-state index in [0.29, 0.717) is 0 Å². The molecule has 2 nitrogen and oxygen atoms in total. The molecule has 0 saturated carbocycles. The third-order valence-electron chi connectivity index (χ3n) is 2.67. The van der Waals surface area contributed by atoms with Gasteiger partial charge in [-0.05, 0) is 46.8 Å². The first-order chi connectivity index (χ1) is 5.59. The van der Waals surface area contributed by atoms with Crippen LogP contribution >= 0.6 is 0 Å². The Bertz CT molecular complexity index is 132. The quantitative estimate of drug-likeness (QED) is 0.629. The van der Waals surface area contributed by atoms with E-state index in [9.17, 15) is 0 Å². The van der Waals surface area contributed by atoms with Crippen molar-refractivity contribution in [2.24, 2.45) is 5.92 Å². The van der Waals surface area contributed by atoms with E-state index >= 15 is 0 Å². The Labute approximate surface area is 76.5 Å². The van der Waals surface area contributed by atoms with E-state index in [4.69, 9.17) is 0 Å². The van der Waals surface area contributed by atoms with Crippen molar-refractivity contribution in [2.75, 3.05) is 33.7 Å². The van der Waals surface area contributed by atoms with Crippen LogP contribution in [0.2, 0.25) is 0 Å². The van der Waals surface area contributed by atoms with Gasteiger partial charge in [0, 0.05) is 19.1 Å². The Kier molecular flexibility index (Phi) is 3.53. The second-order valence-corrected chi connectivity index (χ2v) is 4.51. The molecular formula is C10H22N2. The van der Waals surface area contributed by atoms with Crippen LogP contribution in [0.4, 0.5) is 0 Å². The number of hydrogen-bond acceptors (Lipinski definition) is 2. The fraction of sp³-hybridized carbons (Fsp3) is 1.00. The zero-order valence-corrected chi connectivity index (χ0v) is 8.88. The van der Waals surface area contributed by atoms with Crippen molar-refractivity contribution in [1.82, 2.24) is 9.80 Å². The molecule has 0 radical (unpaired) electrons. The molecule has 0 N–H and O–H groups in total. The standard InChI is InChI=1S/C10H22N2/c1-9(2)12-6-5-10(8-12)7-11(3)4/h9-10H,5-8H2,1-4H3/t10-/m1/s1. The molecule has 0 spiro atoms. The highest BCUT2D eigenvalue weighted by Crippen LogP contribution is 2.18. The molecule has 0 aromatic heterocycles. The molecule has 0 amide bonds. The summed E-state index contributed by atoms with van der Waals surface area (Å²) in [6, 6.07) is 0.733. The molecule has 1 aliphatic rings. The molecule has 0 aliphatic carbocycles. The Balaban J connectivity index is 2.26. The minimum absolute atomic E-state index is 0.733. The summed E-state index contributed by atoms with van der Waals surface area (Å²) in [4.78, 5) is 4.88. The molecule has 1 saturated heterocycles. The largest absolute Gasteiger partial charge is 0.309 e. The maximum Gasteiger partial charge on any atom is 0.00387 e. The van der Waals surface area contributed by atoms with E-state index in [-0.39, 0.29) is 0 Å². The second kappa shape index (κ2) is 4.24. The van der Waals surface area contributed by atoms with Crippen LogP contribution in [0, 0.1) is 5.92 Å². The van der Waals surface area contributed by atoms with E-state index in [2.05, 4.69) is 37.7 Å². The zero-order chi connectivity index (χ0) is 9.14. The van der Waals surface area contributed by atoms with Gasteiger partial charge < -0.3 is 9.80 Å². The summed E-state index contributed by atoms with van der Waals surface area (Å²) in [7, 11) is 4.33. The molecule has 1 atom stereocenters. The van der Waals surface area contributed by atoms with Crippen LogP contribution in [0.3, 0.4) is 0 Å². The zero-order valence-electron chi connectivity index (χ0n) is 8.88. The van der Waals surface area contributed by atoms with Gasteiger partial charge in [-0.3, -0.25) is 0 Å². The smallest absolute Gasteiger partial charge is 0.00387 e. The van der Waals surface area contributed by atoms with Crippen LogP contribution in [0.15, 0.2) is 0 Å². The third-order valence-corrected chi connectivity index (χ3v) is 2.67. The van der Waals surface area contributed by atoms with E-state index in [1.54, 1.807) is 0 Å². The lowest BCUT2D eigenvalue weighted by Gasteiger charge is -2.21. The van der Waals surface area contributed by atoms with Gasteiger partial charge in [0.15, 0.2) is 0 Å². The predicted octanol–water partition coefficient (Wildman–Crippen LogP) is 1.28. The second-order valence-electron chi connectivity index (χ2n) is 4.51. The van der Waals surface area contributed by atoms with Gasteiger partial charge in [-0.1, -0.05) is 0 Å². The summed E-state index contributed by atoms with van der Waals surface area (Å²) in [6.07, 6.45) is 1.39. The predicted molar refractivity (Wildman–Crippen MR) is 53.4 cm³/mol.